The molecule has 0 saturated carbocycles. The average Bonchev–Trinajstić information content (AvgIpc) is 3.49. The number of fused-ring (bicyclic) bond motifs is 4. The molecule has 0 aromatic carbocycles. The fourth-order valence-electron chi connectivity index (χ4n) is 2.71. The Morgan fingerprint density at radius 3 is 1.03 bits per heavy atom. The van der Waals surface area contributed by atoms with Gasteiger partial charge in [-0.15, -0.1) is 0 Å². The highest BCUT2D eigenvalue weighted by Gasteiger charge is 2.05. The highest BCUT2D eigenvalue weighted by atomic mass is 16.6. The molecule has 2 N–H and O–H groups in total. The third kappa shape index (κ3) is 11.9. The molecule has 0 spiro atoms. The summed E-state index contributed by atoms with van der Waals surface area (Å²) in [6, 6.07) is 0. The molecular weight excluding hydrogens is 452 g/mol. The van der Waals surface area contributed by atoms with E-state index in [9.17, 15) is 0 Å². The van der Waals surface area contributed by atoms with E-state index in [0.29, 0.717) is 129 Å². The van der Waals surface area contributed by atoms with Gasteiger partial charge in [-0.2, -0.15) is 10.2 Å². The predicted octanol–water partition coefficient (Wildman–Crippen LogP) is -0.231. The maximum atomic E-state index is 5.52. The molecule has 1 aliphatic rings. The van der Waals surface area contributed by atoms with E-state index < -0.39 is 0 Å². The second-order valence-electron chi connectivity index (χ2n) is 7.06. The van der Waals surface area contributed by atoms with E-state index in [0.717, 1.165) is 0 Å². The van der Waals surface area contributed by atoms with Gasteiger partial charge < -0.3 is 37.9 Å². The zero-order valence-corrected chi connectivity index (χ0v) is 19.4. The topological polar surface area (TPSA) is 157 Å². The zero-order valence-electron chi connectivity index (χ0n) is 19.4. The third-order valence-corrected chi connectivity index (χ3v) is 4.33. The molecule has 2 aromatic rings. The van der Waals surface area contributed by atoms with Crippen LogP contribution in [0.25, 0.3) is 0 Å². The van der Waals surface area contributed by atoms with Gasteiger partial charge in [0.05, 0.1) is 79.3 Å². The first-order chi connectivity index (χ1) is 16.9. The number of hydrogen-bond acceptors (Lipinski definition) is 12. The predicted molar refractivity (Wildman–Crippen MR) is 115 cm³/mol. The Hall–Kier alpha value is -2.04. The number of H-pyrrole nitrogens is 2. The van der Waals surface area contributed by atoms with E-state index in [-0.39, 0.29) is 0 Å². The number of ether oxygens (including phenoxy) is 8. The Bertz CT molecular complexity index is 642. The first-order valence-corrected chi connectivity index (χ1v) is 11.3. The number of aromatic amines is 2. The molecule has 3 rings (SSSR count). The van der Waals surface area contributed by atoms with Crippen molar-refractivity contribution >= 4 is 0 Å². The first-order valence-electron chi connectivity index (χ1n) is 11.3. The number of rotatable bonds is 0. The molecule has 0 atom stereocenters. The molecule has 4 bridgehead atoms. The monoisotopic (exact) mass is 486 g/mol. The SMILES string of the molecule is C1COCCOCc2nc(n[nH]2)COCCOCCOCCOCc2nc(n[nH]2)COCCO1. The van der Waals surface area contributed by atoms with Crippen molar-refractivity contribution in [3.63, 3.8) is 0 Å². The molecule has 0 saturated heterocycles. The standard InChI is InChI=1S/C20H34N6O8/c1-2-28-6-10-32-14-18-22-20(26-24-18)16-34-12-8-30-4-3-29-7-11-33-15-19-21-17(23-25-19)13-31-9-5-27-1/h1-16H2,(H,21,23,25)(H,22,24,26). The quantitative estimate of drug-likeness (QED) is 0.505. The van der Waals surface area contributed by atoms with E-state index in [1.54, 1.807) is 0 Å². The zero-order chi connectivity index (χ0) is 23.5. The summed E-state index contributed by atoms with van der Waals surface area (Å²) in [5.41, 5.74) is 0. The molecule has 0 aliphatic carbocycles. The molecule has 0 fully saturated rings. The summed E-state index contributed by atoms with van der Waals surface area (Å²) in [7, 11) is 0. The Balaban J connectivity index is 1.32. The van der Waals surface area contributed by atoms with Gasteiger partial charge in [0.25, 0.3) is 0 Å². The summed E-state index contributed by atoms with van der Waals surface area (Å²) in [5, 5.41) is 13.9. The second-order valence-corrected chi connectivity index (χ2v) is 7.06. The van der Waals surface area contributed by atoms with Gasteiger partial charge >= 0.3 is 0 Å². The number of hydrogen-bond donors (Lipinski definition) is 2. The van der Waals surface area contributed by atoms with E-state index in [4.69, 9.17) is 37.9 Å². The normalized spacial score (nSPS) is 20.5. The molecule has 34 heavy (non-hydrogen) atoms. The van der Waals surface area contributed by atoms with Crippen molar-refractivity contribution in [1.82, 2.24) is 30.4 Å². The largest absolute Gasteiger partial charge is 0.377 e. The fraction of sp³-hybridized carbons (Fsp3) is 0.800. The average molecular weight is 487 g/mol. The van der Waals surface area contributed by atoms with E-state index in [1.165, 1.54) is 0 Å². The van der Waals surface area contributed by atoms with Crippen molar-refractivity contribution in [2.75, 3.05) is 79.3 Å². The smallest absolute Gasteiger partial charge is 0.176 e. The number of nitrogens with zero attached hydrogens (tertiary/aromatic N) is 4. The van der Waals surface area contributed by atoms with E-state index >= 15 is 0 Å². The Morgan fingerprint density at radius 2 is 0.676 bits per heavy atom. The Morgan fingerprint density at radius 1 is 0.382 bits per heavy atom. The first kappa shape index (κ1) is 26.6. The van der Waals surface area contributed by atoms with Crippen LogP contribution in [0.1, 0.15) is 23.3 Å². The van der Waals surface area contributed by atoms with Gasteiger partial charge in [0, 0.05) is 0 Å². The van der Waals surface area contributed by atoms with Crippen LogP contribution in [0.4, 0.5) is 0 Å². The highest BCUT2D eigenvalue weighted by molar-refractivity contribution is 4.87. The lowest BCUT2D eigenvalue weighted by Gasteiger charge is -2.07. The number of aromatic nitrogens is 6. The minimum absolute atomic E-state index is 0.300. The van der Waals surface area contributed by atoms with Gasteiger partial charge in [0.1, 0.15) is 26.4 Å². The minimum atomic E-state index is 0.300. The van der Waals surface area contributed by atoms with Crippen molar-refractivity contribution in [1.29, 1.82) is 0 Å². The van der Waals surface area contributed by atoms with Crippen LogP contribution in [0.15, 0.2) is 0 Å². The van der Waals surface area contributed by atoms with Crippen LogP contribution in [0.2, 0.25) is 0 Å². The summed E-state index contributed by atoms with van der Waals surface area (Å²) in [4.78, 5) is 8.64. The van der Waals surface area contributed by atoms with E-state index in [1.807, 2.05) is 0 Å². The summed E-state index contributed by atoms with van der Waals surface area (Å²) < 4.78 is 44.0. The van der Waals surface area contributed by atoms with Crippen molar-refractivity contribution in [2.45, 2.75) is 26.4 Å². The lowest BCUT2D eigenvalue weighted by molar-refractivity contribution is -0.00835. The molecule has 0 radical (unpaired) electrons. The van der Waals surface area contributed by atoms with Crippen molar-refractivity contribution < 1.29 is 37.9 Å². The molecular formula is C20H34N6O8. The summed E-state index contributed by atoms with van der Waals surface area (Å²) in [6.45, 7) is 6.78. The van der Waals surface area contributed by atoms with Crippen LogP contribution in [-0.2, 0) is 64.3 Å². The van der Waals surface area contributed by atoms with Gasteiger partial charge in [-0.25, -0.2) is 9.97 Å². The lowest BCUT2D eigenvalue weighted by atomic mass is 10.6. The van der Waals surface area contributed by atoms with E-state index in [2.05, 4.69) is 30.4 Å². The highest BCUT2D eigenvalue weighted by Crippen LogP contribution is 1.99. The summed E-state index contributed by atoms with van der Waals surface area (Å²) >= 11 is 0. The van der Waals surface area contributed by atoms with Crippen LogP contribution in [-0.4, -0.2) is 110 Å². The molecule has 1 aliphatic heterocycles. The molecule has 0 amide bonds. The molecule has 2 aromatic heterocycles. The van der Waals surface area contributed by atoms with Crippen molar-refractivity contribution in [3.05, 3.63) is 23.3 Å². The Labute approximate surface area is 197 Å². The maximum Gasteiger partial charge on any atom is 0.176 e. The lowest BCUT2D eigenvalue weighted by Crippen LogP contribution is -2.12. The third-order valence-electron chi connectivity index (χ3n) is 4.33. The molecule has 3 heterocycles. The summed E-state index contributed by atoms with van der Waals surface area (Å²) in [6.07, 6.45) is 0. The molecule has 14 nitrogen and oxygen atoms in total. The molecule has 14 heteroatoms. The van der Waals surface area contributed by atoms with Crippen molar-refractivity contribution in [2.24, 2.45) is 0 Å². The van der Waals surface area contributed by atoms with Gasteiger partial charge in [0.15, 0.2) is 23.3 Å². The summed E-state index contributed by atoms with van der Waals surface area (Å²) in [5.74, 6) is 2.42. The van der Waals surface area contributed by atoms with Crippen molar-refractivity contribution in [3.8, 4) is 0 Å². The molecule has 192 valence electrons. The van der Waals surface area contributed by atoms with Crippen LogP contribution in [0.3, 0.4) is 0 Å². The van der Waals surface area contributed by atoms with Crippen LogP contribution < -0.4 is 0 Å². The number of nitrogens with one attached hydrogen (secondary N) is 2. The minimum Gasteiger partial charge on any atom is -0.377 e. The van der Waals surface area contributed by atoms with Crippen LogP contribution >= 0.6 is 0 Å². The fourth-order valence-corrected chi connectivity index (χ4v) is 2.71. The van der Waals surface area contributed by atoms with Gasteiger partial charge in [-0.1, -0.05) is 0 Å². The van der Waals surface area contributed by atoms with Gasteiger partial charge in [-0.3, -0.25) is 10.2 Å². The maximum absolute atomic E-state index is 5.52. The Kier molecular flexibility index (Phi) is 13.6. The second kappa shape index (κ2) is 17.4. The van der Waals surface area contributed by atoms with Crippen LogP contribution in [0, 0.1) is 0 Å². The molecule has 0 unspecified atom stereocenters. The van der Waals surface area contributed by atoms with Gasteiger partial charge in [-0.05, 0) is 0 Å². The van der Waals surface area contributed by atoms with Gasteiger partial charge in [0.2, 0.25) is 0 Å². The van der Waals surface area contributed by atoms with Crippen LogP contribution in [0.5, 0.6) is 0 Å².